The van der Waals surface area contributed by atoms with Crippen molar-refractivity contribution in [2.24, 2.45) is 0 Å². The summed E-state index contributed by atoms with van der Waals surface area (Å²) in [6, 6.07) is 2.38. The average Bonchev–Trinajstić information content (AvgIpc) is 2.53. The van der Waals surface area contributed by atoms with Gasteiger partial charge >= 0.3 is 0 Å². The van der Waals surface area contributed by atoms with E-state index in [4.69, 9.17) is 9.72 Å². The predicted octanol–water partition coefficient (Wildman–Crippen LogP) is 2.28. The first-order valence-electron chi connectivity index (χ1n) is 8.02. The second-order valence-corrected chi connectivity index (χ2v) is 7.70. The third kappa shape index (κ3) is 3.18. The van der Waals surface area contributed by atoms with Crippen molar-refractivity contribution in [3.05, 3.63) is 16.7 Å². The van der Waals surface area contributed by atoms with E-state index in [2.05, 4.69) is 36.8 Å². The Morgan fingerprint density at radius 3 is 2.52 bits per heavy atom. The van der Waals surface area contributed by atoms with Gasteiger partial charge in [0.25, 0.3) is 0 Å². The lowest BCUT2D eigenvalue weighted by Crippen LogP contribution is -2.46. The van der Waals surface area contributed by atoms with E-state index in [1.54, 1.807) is 11.8 Å². The lowest BCUT2D eigenvalue weighted by Gasteiger charge is -2.38. The summed E-state index contributed by atoms with van der Waals surface area (Å²) in [6.45, 7) is 8.74. The van der Waals surface area contributed by atoms with Crippen LogP contribution in [0.5, 0.6) is 0 Å². The first-order valence-corrected chi connectivity index (χ1v) is 9.25. The lowest BCUT2D eigenvalue weighted by atomic mass is 9.89. The third-order valence-corrected chi connectivity index (χ3v) is 5.36. The van der Waals surface area contributed by atoms with Gasteiger partial charge in [0.05, 0.1) is 17.8 Å². The molecular formula is C17H24N4OS. The molecule has 5 nitrogen and oxygen atoms in total. The Labute approximate surface area is 142 Å². The molecule has 0 unspecified atom stereocenters. The summed E-state index contributed by atoms with van der Waals surface area (Å²) in [5.74, 6) is 1.02. The van der Waals surface area contributed by atoms with Crippen LogP contribution in [0.2, 0.25) is 0 Å². The van der Waals surface area contributed by atoms with Crippen molar-refractivity contribution in [2.75, 3.05) is 44.4 Å². The van der Waals surface area contributed by atoms with E-state index in [1.807, 2.05) is 6.26 Å². The summed E-state index contributed by atoms with van der Waals surface area (Å²) in [7, 11) is 2.15. The van der Waals surface area contributed by atoms with E-state index in [0.29, 0.717) is 6.61 Å². The number of aromatic nitrogens is 1. The van der Waals surface area contributed by atoms with Crippen molar-refractivity contribution in [1.29, 1.82) is 5.26 Å². The molecule has 2 aliphatic heterocycles. The van der Waals surface area contributed by atoms with Crippen LogP contribution in [0.3, 0.4) is 0 Å². The fourth-order valence-corrected chi connectivity index (χ4v) is 3.82. The first kappa shape index (κ1) is 16.6. The van der Waals surface area contributed by atoms with Crippen molar-refractivity contribution in [3.63, 3.8) is 0 Å². The maximum absolute atomic E-state index is 9.65. The number of anilines is 1. The summed E-state index contributed by atoms with van der Waals surface area (Å²) in [4.78, 5) is 9.52. The number of rotatable bonds is 2. The molecule has 1 fully saturated rings. The number of hydrogen-bond acceptors (Lipinski definition) is 6. The van der Waals surface area contributed by atoms with Crippen LogP contribution in [-0.2, 0) is 17.8 Å². The van der Waals surface area contributed by atoms with Crippen molar-refractivity contribution < 1.29 is 4.74 Å². The van der Waals surface area contributed by atoms with Crippen LogP contribution in [0, 0.1) is 11.3 Å². The summed E-state index contributed by atoms with van der Waals surface area (Å²) >= 11 is 1.56. The molecule has 0 N–H and O–H groups in total. The van der Waals surface area contributed by atoms with Crippen LogP contribution < -0.4 is 4.90 Å². The van der Waals surface area contributed by atoms with Crippen molar-refractivity contribution >= 4 is 17.6 Å². The summed E-state index contributed by atoms with van der Waals surface area (Å²) in [5, 5.41) is 10.5. The second-order valence-electron chi connectivity index (χ2n) is 6.90. The second kappa shape index (κ2) is 6.31. The summed E-state index contributed by atoms with van der Waals surface area (Å²) < 4.78 is 6.02. The number of nitrogens with zero attached hydrogens (tertiary/aromatic N) is 4. The highest BCUT2D eigenvalue weighted by atomic mass is 32.2. The number of nitriles is 1. The molecule has 3 rings (SSSR count). The Bertz CT molecular complexity index is 645. The molecule has 0 atom stereocenters. The number of piperazine rings is 1. The minimum Gasteiger partial charge on any atom is -0.370 e. The van der Waals surface area contributed by atoms with Gasteiger partial charge in [0, 0.05) is 38.2 Å². The van der Waals surface area contributed by atoms with Crippen molar-refractivity contribution in [2.45, 2.75) is 37.5 Å². The van der Waals surface area contributed by atoms with Crippen molar-refractivity contribution in [3.8, 4) is 6.07 Å². The van der Waals surface area contributed by atoms with Gasteiger partial charge in [0.2, 0.25) is 0 Å². The van der Waals surface area contributed by atoms with Gasteiger partial charge in [-0.25, -0.2) is 4.98 Å². The summed E-state index contributed by atoms with van der Waals surface area (Å²) in [5.41, 5.74) is 2.76. The Hall–Kier alpha value is -1.29. The van der Waals surface area contributed by atoms with Gasteiger partial charge in [0.15, 0.2) is 0 Å². The number of pyridine rings is 1. The number of ether oxygens (including phenoxy) is 1. The van der Waals surface area contributed by atoms with Crippen LogP contribution in [0.15, 0.2) is 5.03 Å². The zero-order chi connectivity index (χ0) is 16.6. The molecule has 0 saturated carbocycles. The van der Waals surface area contributed by atoms with E-state index in [0.717, 1.165) is 60.1 Å². The van der Waals surface area contributed by atoms with E-state index >= 15 is 0 Å². The van der Waals surface area contributed by atoms with Crippen LogP contribution in [-0.4, -0.2) is 55.0 Å². The van der Waals surface area contributed by atoms with Gasteiger partial charge in [-0.3, -0.25) is 0 Å². The smallest absolute Gasteiger partial charge is 0.135 e. The quantitative estimate of drug-likeness (QED) is 0.775. The molecule has 0 bridgehead atoms. The van der Waals surface area contributed by atoms with Gasteiger partial charge in [-0.1, -0.05) is 0 Å². The SMILES string of the molecule is CSc1nc(N2CCN(C)CC2)c2c(c1C#N)CC(C)(C)OC2. The third-order valence-electron chi connectivity index (χ3n) is 4.67. The molecule has 0 amide bonds. The highest BCUT2D eigenvalue weighted by Gasteiger charge is 2.33. The largest absolute Gasteiger partial charge is 0.370 e. The zero-order valence-electron chi connectivity index (χ0n) is 14.3. The van der Waals surface area contributed by atoms with Gasteiger partial charge in [0.1, 0.15) is 16.9 Å². The van der Waals surface area contributed by atoms with E-state index < -0.39 is 0 Å². The molecular weight excluding hydrogens is 308 g/mol. The monoisotopic (exact) mass is 332 g/mol. The lowest BCUT2D eigenvalue weighted by molar-refractivity contribution is -0.0402. The Morgan fingerprint density at radius 2 is 1.91 bits per heavy atom. The molecule has 3 heterocycles. The molecule has 1 saturated heterocycles. The Morgan fingerprint density at radius 1 is 1.22 bits per heavy atom. The van der Waals surface area contributed by atoms with E-state index in [1.165, 1.54) is 0 Å². The fraction of sp³-hybridized carbons (Fsp3) is 0.647. The summed E-state index contributed by atoms with van der Waals surface area (Å²) in [6.07, 6.45) is 2.76. The van der Waals surface area contributed by atoms with Gasteiger partial charge < -0.3 is 14.5 Å². The molecule has 0 radical (unpaired) electrons. The van der Waals surface area contributed by atoms with E-state index in [9.17, 15) is 5.26 Å². The fourth-order valence-electron chi connectivity index (χ4n) is 3.27. The standard InChI is InChI=1S/C17H24N4OS/c1-17(2)9-12-13(10-18)16(23-4)19-15(14(12)11-22-17)21-7-5-20(3)6-8-21/h5-9,11H2,1-4H3. The van der Waals surface area contributed by atoms with Crippen LogP contribution >= 0.6 is 11.8 Å². The van der Waals surface area contributed by atoms with Gasteiger partial charge in [-0.15, -0.1) is 11.8 Å². The molecule has 1 aromatic heterocycles. The number of fused-ring (bicyclic) bond motifs is 1. The maximum atomic E-state index is 9.65. The molecule has 0 aliphatic carbocycles. The predicted molar refractivity (Wildman–Crippen MR) is 93.0 cm³/mol. The van der Waals surface area contributed by atoms with Gasteiger partial charge in [-0.2, -0.15) is 5.26 Å². The molecule has 23 heavy (non-hydrogen) atoms. The minimum absolute atomic E-state index is 0.227. The molecule has 1 aromatic rings. The molecule has 0 aromatic carbocycles. The van der Waals surface area contributed by atoms with Crippen LogP contribution in [0.25, 0.3) is 0 Å². The molecule has 2 aliphatic rings. The normalized spacial score (nSPS) is 20.9. The highest BCUT2D eigenvalue weighted by Crippen LogP contribution is 2.38. The Kier molecular flexibility index (Phi) is 4.54. The molecule has 124 valence electrons. The molecule has 0 spiro atoms. The van der Waals surface area contributed by atoms with Crippen LogP contribution in [0.4, 0.5) is 5.82 Å². The molecule has 6 heteroatoms. The van der Waals surface area contributed by atoms with Crippen LogP contribution in [0.1, 0.15) is 30.5 Å². The zero-order valence-corrected chi connectivity index (χ0v) is 15.2. The number of likely N-dealkylation sites (N-methyl/N-ethyl adjacent to an activating group) is 1. The number of hydrogen-bond donors (Lipinski definition) is 0. The number of thioether (sulfide) groups is 1. The first-order chi connectivity index (χ1) is 10.9. The average molecular weight is 332 g/mol. The highest BCUT2D eigenvalue weighted by molar-refractivity contribution is 7.98. The van der Waals surface area contributed by atoms with E-state index in [-0.39, 0.29) is 5.60 Å². The topological polar surface area (TPSA) is 52.4 Å². The van der Waals surface area contributed by atoms with Crippen molar-refractivity contribution in [1.82, 2.24) is 9.88 Å². The maximum Gasteiger partial charge on any atom is 0.135 e. The minimum atomic E-state index is -0.227. The Balaban J connectivity index is 2.09. The van der Waals surface area contributed by atoms with Gasteiger partial charge in [-0.05, 0) is 32.7 Å².